The van der Waals surface area contributed by atoms with E-state index in [-0.39, 0.29) is 17.5 Å². The topological polar surface area (TPSA) is 46.2 Å². The van der Waals surface area contributed by atoms with Gasteiger partial charge in [0.2, 0.25) is 5.91 Å². The van der Waals surface area contributed by atoms with E-state index < -0.39 is 16.0 Å². The van der Waals surface area contributed by atoms with Gasteiger partial charge in [0.15, 0.2) is 0 Å². The molecule has 0 heterocycles. The molecule has 1 amide bonds. The van der Waals surface area contributed by atoms with E-state index >= 15 is 0 Å². The van der Waals surface area contributed by atoms with Crippen LogP contribution < -0.4 is 5.32 Å². The summed E-state index contributed by atoms with van der Waals surface area (Å²) in [5, 5.41) is 2.17. The standard InChI is InChI=1S/C17H18FNO2S/c1-13(17(20)19-11-14-5-3-2-4-6-14)22(21)12-15-7-9-16(18)10-8-15/h2-10,13H,11-12H2,1H3,(H,19,20)/t13-,22-/m1/s1. The van der Waals surface area contributed by atoms with Crippen molar-refractivity contribution < 1.29 is 13.4 Å². The lowest BCUT2D eigenvalue weighted by molar-refractivity contribution is -0.120. The van der Waals surface area contributed by atoms with Crippen LogP contribution in [0.2, 0.25) is 0 Å². The van der Waals surface area contributed by atoms with Crippen molar-refractivity contribution in [2.75, 3.05) is 0 Å². The number of hydrogen-bond donors (Lipinski definition) is 1. The second-order valence-corrected chi connectivity index (χ2v) is 6.75. The Bertz CT molecular complexity index is 643. The smallest absolute Gasteiger partial charge is 0.235 e. The average Bonchev–Trinajstić information content (AvgIpc) is 2.55. The van der Waals surface area contributed by atoms with E-state index in [9.17, 15) is 13.4 Å². The van der Waals surface area contributed by atoms with Crippen LogP contribution in [0.15, 0.2) is 54.6 Å². The maximum Gasteiger partial charge on any atom is 0.235 e. The highest BCUT2D eigenvalue weighted by molar-refractivity contribution is 7.85. The molecule has 0 radical (unpaired) electrons. The Balaban J connectivity index is 1.86. The van der Waals surface area contributed by atoms with Gasteiger partial charge in [-0.2, -0.15) is 0 Å². The van der Waals surface area contributed by atoms with Crippen LogP contribution in [0.4, 0.5) is 4.39 Å². The van der Waals surface area contributed by atoms with Crippen LogP contribution in [0.5, 0.6) is 0 Å². The molecule has 0 aliphatic rings. The fraction of sp³-hybridized carbons (Fsp3) is 0.235. The molecule has 0 fully saturated rings. The van der Waals surface area contributed by atoms with Gasteiger partial charge in [0.25, 0.3) is 0 Å². The molecule has 1 N–H and O–H groups in total. The summed E-state index contributed by atoms with van der Waals surface area (Å²) in [5.74, 6) is -0.340. The molecule has 2 rings (SSSR count). The van der Waals surface area contributed by atoms with Gasteiger partial charge in [-0.15, -0.1) is 0 Å². The van der Waals surface area contributed by atoms with Crippen LogP contribution in [0, 0.1) is 5.82 Å². The van der Waals surface area contributed by atoms with E-state index in [1.165, 1.54) is 12.1 Å². The normalized spacial score (nSPS) is 13.4. The Kier molecular flexibility index (Phi) is 5.83. The second-order valence-electron chi connectivity index (χ2n) is 5.00. The van der Waals surface area contributed by atoms with E-state index in [1.807, 2.05) is 30.3 Å². The summed E-state index contributed by atoms with van der Waals surface area (Å²) in [6.07, 6.45) is 0. The molecule has 3 nitrogen and oxygen atoms in total. The molecule has 0 aromatic heterocycles. The van der Waals surface area contributed by atoms with Crippen molar-refractivity contribution in [3.63, 3.8) is 0 Å². The van der Waals surface area contributed by atoms with E-state index in [1.54, 1.807) is 19.1 Å². The van der Waals surface area contributed by atoms with Crippen LogP contribution >= 0.6 is 0 Å². The first-order valence-corrected chi connectivity index (χ1v) is 8.37. The molecule has 2 aromatic rings. The number of carbonyl (C=O) groups excluding carboxylic acids is 1. The van der Waals surface area contributed by atoms with Gasteiger partial charge >= 0.3 is 0 Å². The van der Waals surface area contributed by atoms with Crippen molar-refractivity contribution in [1.82, 2.24) is 5.32 Å². The maximum atomic E-state index is 12.8. The van der Waals surface area contributed by atoms with Crippen LogP contribution in [0.25, 0.3) is 0 Å². The first kappa shape index (κ1) is 16.4. The fourth-order valence-electron chi connectivity index (χ4n) is 1.92. The van der Waals surface area contributed by atoms with Crippen molar-refractivity contribution >= 4 is 16.7 Å². The Hall–Kier alpha value is -2.01. The Morgan fingerprint density at radius 3 is 2.36 bits per heavy atom. The van der Waals surface area contributed by atoms with Gasteiger partial charge in [-0.05, 0) is 30.2 Å². The highest BCUT2D eigenvalue weighted by atomic mass is 32.2. The van der Waals surface area contributed by atoms with E-state index in [0.29, 0.717) is 6.54 Å². The molecular weight excluding hydrogens is 301 g/mol. The van der Waals surface area contributed by atoms with Gasteiger partial charge in [-0.1, -0.05) is 42.5 Å². The number of nitrogens with one attached hydrogen (secondary N) is 1. The molecule has 0 bridgehead atoms. The van der Waals surface area contributed by atoms with E-state index in [2.05, 4.69) is 5.32 Å². The van der Waals surface area contributed by atoms with Gasteiger partial charge in [0, 0.05) is 23.1 Å². The van der Waals surface area contributed by atoms with Crippen LogP contribution in [0.1, 0.15) is 18.1 Å². The lowest BCUT2D eigenvalue weighted by atomic mass is 10.2. The molecule has 0 aliphatic heterocycles. The molecule has 5 heteroatoms. The summed E-state index contributed by atoms with van der Waals surface area (Å²) in [5.41, 5.74) is 1.75. The average molecular weight is 319 g/mol. The van der Waals surface area contributed by atoms with Crippen molar-refractivity contribution in [3.05, 3.63) is 71.5 Å². The third kappa shape index (κ3) is 4.77. The number of rotatable bonds is 6. The summed E-state index contributed by atoms with van der Waals surface area (Å²) in [6.45, 7) is 2.05. The third-order valence-corrected chi connectivity index (χ3v) is 4.92. The molecule has 0 spiro atoms. The van der Waals surface area contributed by atoms with Crippen LogP contribution in [-0.4, -0.2) is 15.4 Å². The number of amides is 1. The summed E-state index contributed by atoms with van der Waals surface area (Å²) < 4.78 is 25.0. The van der Waals surface area contributed by atoms with Crippen molar-refractivity contribution in [2.45, 2.75) is 24.5 Å². The summed E-state index contributed by atoms with van der Waals surface area (Å²) in [6, 6.07) is 15.4. The Morgan fingerprint density at radius 1 is 1.09 bits per heavy atom. The van der Waals surface area contributed by atoms with Crippen molar-refractivity contribution in [1.29, 1.82) is 0 Å². The van der Waals surface area contributed by atoms with Gasteiger partial charge in [-0.25, -0.2) is 4.39 Å². The highest BCUT2D eigenvalue weighted by Gasteiger charge is 2.19. The monoisotopic (exact) mass is 319 g/mol. The first-order valence-electron chi connectivity index (χ1n) is 6.99. The molecule has 116 valence electrons. The largest absolute Gasteiger partial charge is 0.351 e. The highest BCUT2D eigenvalue weighted by Crippen LogP contribution is 2.09. The van der Waals surface area contributed by atoms with Gasteiger partial charge in [-0.3, -0.25) is 9.00 Å². The van der Waals surface area contributed by atoms with Gasteiger partial charge in [0.05, 0.1) is 0 Å². The summed E-state index contributed by atoms with van der Waals surface area (Å²) in [7, 11) is -1.34. The van der Waals surface area contributed by atoms with Crippen LogP contribution in [-0.2, 0) is 27.9 Å². The summed E-state index contributed by atoms with van der Waals surface area (Å²) in [4.78, 5) is 12.0. The number of benzene rings is 2. The molecule has 0 aliphatic carbocycles. The van der Waals surface area contributed by atoms with Crippen molar-refractivity contribution in [2.24, 2.45) is 0 Å². The minimum absolute atomic E-state index is 0.236. The number of hydrogen-bond acceptors (Lipinski definition) is 2. The predicted molar refractivity (Wildman–Crippen MR) is 86.0 cm³/mol. The third-order valence-electron chi connectivity index (χ3n) is 3.30. The maximum absolute atomic E-state index is 12.8. The Morgan fingerprint density at radius 2 is 1.73 bits per heavy atom. The molecule has 22 heavy (non-hydrogen) atoms. The lowest BCUT2D eigenvalue weighted by Crippen LogP contribution is -2.35. The van der Waals surface area contributed by atoms with Crippen LogP contribution in [0.3, 0.4) is 0 Å². The lowest BCUT2D eigenvalue weighted by Gasteiger charge is -2.12. The number of halogens is 1. The minimum Gasteiger partial charge on any atom is -0.351 e. The SMILES string of the molecule is C[C@H](C(=O)NCc1ccccc1)[S@](=O)Cc1ccc(F)cc1. The first-order chi connectivity index (χ1) is 10.6. The zero-order valence-corrected chi connectivity index (χ0v) is 13.1. The fourth-order valence-corrected chi connectivity index (χ4v) is 3.01. The molecule has 0 saturated carbocycles. The Labute approximate surface area is 132 Å². The van der Waals surface area contributed by atoms with E-state index in [4.69, 9.17) is 0 Å². The molecular formula is C17H18FNO2S. The molecule has 0 saturated heterocycles. The zero-order chi connectivity index (χ0) is 15.9. The number of carbonyl (C=O) groups is 1. The zero-order valence-electron chi connectivity index (χ0n) is 12.3. The predicted octanol–water partition coefficient (Wildman–Crippen LogP) is 2.78. The van der Waals surface area contributed by atoms with Gasteiger partial charge < -0.3 is 5.32 Å². The van der Waals surface area contributed by atoms with Gasteiger partial charge in [0.1, 0.15) is 11.1 Å². The molecule has 2 atom stereocenters. The van der Waals surface area contributed by atoms with Crippen molar-refractivity contribution in [3.8, 4) is 0 Å². The quantitative estimate of drug-likeness (QED) is 0.890. The molecule has 0 unspecified atom stereocenters. The van der Waals surface area contributed by atoms with E-state index in [0.717, 1.165) is 11.1 Å². The second kappa shape index (κ2) is 7.84. The minimum atomic E-state index is -1.34. The molecule has 2 aromatic carbocycles. The summed E-state index contributed by atoms with van der Waals surface area (Å²) >= 11 is 0.